The third-order valence-corrected chi connectivity index (χ3v) is 5.64. The number of aromatic nitrogens is 2. The summed E-state index contributed by atoms with van der Waals surface area (Å²) in [7, 11) is 5.90. The number of benzene rings is 2. The van der Waals surface area contributed by atoms with Crippen LogP contribution in [0, 0.1) is 0 Å². The van der Waals surface area contributed by atoms with Gasteiger partial charge in [0.05, 0.1) is 11.3 Å². The standard InChI is InChI=1S/C26H28N4O2/c1-29(2)15-8-16-30(3)26(32)19-12-13-22-21(17-19)23(18-9-5-4-6-10-18)24(28-22)20-11-7-14-27-25(20)31/h4-7,9-14,17,28H,8,15-16H2,1-3H3,(H,27,31). The highest BCUT2D eigenvalue weighted by Crippen LogP contribution is 2.37. The van der Waals surface area contributed by atoms with Crippen molar-refractivity contribution in [2.75, 3.05) is 34.2 Å². The Hall–Kier alpha value is -3.64. The van der Waals surface area contributed by atoms with Gasteiger partial charge in [-0.05, 0) is 63.0 Å². The van der Waals surface area contributed by atoms with E-state index in [1.807, 2.05) is 75.7 Å². The largest absolute Gasteiger partial charge is 0.354 e. The van der Waals surface area contributed by atoms with Gasteiger partial charge < -0.3 is 19.8 Å². The van der Waals surface area contributed by atoms with Crippen LogP contribution in [0.5, 0.6) is 0 Å². The summed E-state index contributed by atoms with van der Waals surface area (Å²) in [6.07, 6.45) is 2.54. The fourth-order valence-electron chi connectivity index (χ4n) is 4.00. The molecule has 2 aromatic heterocycles. The lowest BCUT2D eigenvalue weighted by Gasteiger charge is -2.18. The van der Waals surface area contributed by atoms with Crippen molar-refractivity contribution in [3.63, 3.8) is 0 Å². The predicted molar refractivity (Wildman–Crippen MR) is 130 cm³/mol. The molecule has 0 fully saturated rings. The number of fused-ring (bicyclic) bond motifs is 1. The number of amides is 1. The van der Waals surface area contributed by atoms with E-state index in [0.29, 0.717) is 17.7 Å². The SMILES string of the molecule is CN(C)CCCN(C)C(=O)c1ccc2[nH]c(-c3ccc[nH]c3=O)c(-c3ccccc3)c2c1. The van der Waals surface area contributed by atoms with E-state index in [9.17, 15) is 9.59 Å². The summed E-state index contributed by atoms with van der Waals surface area (Å²) in [6, 6.07) is 19.3. The highest BCUT2D eigenvalue weighted by Gasteiger charge is 2.19. The monoisotopic (exact) mass is 428 g/mol. The number of carbonyl (C=O) groups is 1. The molecule has 0 spiro atoms. The average molecular weight is 429 g/mol. The summed E-state index contributed by atoms with van der Waals surface area (Å²) >= 11 is 0. The maximum absolute atomic E-state index is 13.1. The summed E-state index contributed by atoms with van der Waals surface area (Å²) in [4.78, 5) is 35.7. The Bertz CT molecular complexity index is 1290. The van der Waals surface area contributed by atoms with Gasteiger partial charge in [0.25, 0.3) is 11.5 Å². The molecule has 2 N–H and O–H groups in total. The summed E-state index contributed by atoms with van der Waals surface area (Å²) in [5, 5.41) is 0.919. The summed E-state index contributed by atoms with van der Waals surface area (Å²) < 4.78 is 0. The Morgan fingerprint density at radius 2 is 1.72 bits per heavy atom. The fraction of sp³-hybridized carbons (Fsp3) is 0.231. The maximum atomic E-state index is 13.1. The average Bonchev–Trinajstić information content (AvgIpc) is 3.17. The molecule has 4 rings (SSSR count). The number of nitrogens with one attached hydrogen (secondary N) is 2. The first-order chi connectivity index (χ1) is 15.5. The summed E-state index contributed by atoms with van der Waals surface area (Å²) in [6.45, 7) is 1.62. The van der Waals surface area contributed by atoms with Crippen LogP contribution in [0.25, 0.3) is 33.3 Å². The number of pyridine rings is 1. The van der Waals surface area contributed by atoms with Crippen LogP contribution in [0.2, 0.25) is 0 Å². The van der Waals surface area contributed by atoms with Crippen molar-refractivity contribution in [1.29, 1.82) is 0 Å². The van der Waals surface area contributed by atoms with E-state index < -0.39 is 0 Å². The molecule has 1 amide bonds. The molecule has 4 aromatic rings. The van der Waals surface area contributed by atoms with Gasteiger partial charge in [-0.2, -0.15) is 0 Å². The molecule has 6 nitrogen and oxygen atoms in total. The predicted octanol–water partition coefficient (Wildman–Crippen LogP) is 4.21. The molecule has 0 atom stereocenters. The van der Waals surface area contributed by atoms with Crippen molar-refractivity contribution in [2.24, 2.45) is 0 Å². The molecule has 0 aliphatic heterocycles. The van der Waals surface area contributed by atoms with Crippen LogP contribution < -0.4 is 5.56 Å². The van der Waals surface area contributed by atoms with Crippen LogP contribution in [0.4, 0.5) is 0 Å². The van der Waals surface area contributed by atoms with Crippen LogP contribution >= 0.6 is 0 Å². The highest BCUT2D eigenvalue weighted by atomic mass is 16.2. The Morgan fingerprint density at radius 3 is 2.44 bits per heavy atom. The van der Waals surface area contributed by atoms with E-state index in [-0.39, 0.29) is 11.5 Å². The Labute approximate surface area is 187 Å². The number of aromatic amines is 2. The third-order valence-electron chi connectivity index (χ3n) is 5.64. The lowest BCUT2D eigenvalue weighted by molar-refractivity contribution is 0.0791. The van der Waals surface area contributed by atoms with Crippen molar-refractivity contribution in [3.05, 3.63) is 82.8 Å². The summed E-state index contributed by atoms with van der Waals surface area (Å²) in [5.74, 6) is -0.00928. The second kappa shape index (κ2) is 9.24. The quantitative estimate of drug-likeness (QED) is 0.463. The van der Waals surface area contributed by atoms with E-state index >= 15 is 0 Å². The van der Waals surface area contributed by atoms with Gasteiger partial charge >= 0.3 is 0 Å². The lowest BCUT2D eigenvalue weighted by Crippen LogP contribution is -2.29. The van der Waals surface area contributed by atoms with Crippen LogP contribution in [0.3, 0.4) is 0 Å². The number of H-pyrrole nitrogens is 2. The second-order valence-electron chi connectivity index (χ2n) is 8.30. The maximum Gasteiger partial charge on any atom is 0.257 e. The normalized spacial score (nSPS) is 11.2. The number of carbonyl (C=O) groups excluding carboxylic acids is 1. The first kappa shape index (κ1) is 21.6. The molecule has 0 aliphatic carbocycles. The molecule has 0 aliphatic rings. The smallest absolute Gasteiger partial charge is 0.257 e. The number of nitrogens with zero attached hydrogens (tertiary/aromatic N) is 2. The molecule has 2 heterocycles. The Kier molecular flexibility index (Phi) is 6.23. The minimum absolute atomic E-state index is 0.00928. The molecule has 0 unspecified atom stereocenters. The fourth-order valence-corrected chi connectivity index (χ4v) is 4.00. The van der Waals surface area contributed by atoms with E-state index in [1.165, 1.54) is 0 Å². The first-order valence-electron chi connectivity index (χ1n) is 10.7. The lowest BCUT2D eigenvalue weighted by atomic mass is 9.98. The van der Waals surface area contributed by atoms with E-state index in [2.05, 4.69) is 14.9 Å². The van der Waals surface area contributed by atoms with E-state index in [4.69, 9.17) is 0 Å². The second-order valence-corrected chi connectivity index (χ2v) is 8.30. The third kappa shape index (κ3) is 4.36. The van der Waals surface area contributed by atoms with Gasteiger partial charge in [0.15, 0.2) is 0 Å². The topological polar surface area (TPSA) is 72.2 Å². The first-order valence-corrected chi connectivity index (χ1v) is 10.7. The molecular formula is C26H28N4O2. The number of hydrogen-bond acceptors (Lipinski definition) is 3. The van der Waals surface area contributed by atoms with Crippen LogP contribution in [-0.2, 0) is 0 Å². The van der Waals surface area contributed by atoms with Crippen molar-refractivity contribution >= 4 is 16.8 Å². The van der Waals surface area contributed by atoms with Gasteiger partial charge in [-0.3, -0.25) is 9.59 Å². The minimum Gasteiger partial charge on any atom is -0.354 e. The van der Waals surface area contributed by atoms with Crippen molar-refractivity contribution in [3.8, 4) is 22.4 Å². The van der Waals surface area contributed by atoms with E-state index in [1.54, 1.807) is 17.2 Å². The van der Waals surface area contributed by atoms with Gasteiger partial charge in [-0.25, -0.2) is 0 Å². The van der Waals surface area contributed by atoms with Crippen LogP contribution in [0.1, 0.15) is 16.8 Å². The van der Waals surface area contributed by atoms with Gasteiger partial charge in [-0.1, -0.05) is 30.3 Å². The van der Waals surface area contributed by atoms with Gasteiger partial charge in [0, 0.05) is 41.8 Å². The van der Waals surface area contributed by atoms with Gasteiger partial charge in [0.1, 0.15) is 0 Å². The highest BCUT2D eigenvalue weighted by molar-refractivity contribution is 6.07. The zero-order chi connectivity index (χ0) is 22.7. The Morgan fingerprint density at radius 1 is 0.938 bits per heavy atom. The Balaban J connectivity index is 1.80. The molecule has 2 aromatic carbocycles. The minimum atomic E-state index is -0.159. The molecule has 0 bridgehead atoms. The number of rotatable bonds is 7. The van der Waals surface area contributed by atoms with Crippen molar-refractivity contribution in [2.45, 2.75) is 6.42 Å². The van der Waals surface area contributed by atoms with Crippen LogP contribution in [0.15, 0.2) is 71.7 Å². The van der Waals surface area contributed by atoms with Crippen molar-refractivity contribution in [1.82, 2.24) is 19.8 Å². The van der Waals surface area contributed by atoms with Crippen LogP contribution in [-0.4, -0.2) is 59.9 Å². The molecule has 164 valence electrons. The molecule has 0 radical (unpaired) electrons. The van der Waals surface area contributed by atoms with Gasteiger partial charge in [0.2, 0.25) is 0 Å². The summed E-state index contributed by atoms with van der Waals surface area (Å²) in [5.41, 5.74) is 4.58. The molecule has 32 heavy (non-hydrogen) atoms. The molecule has 0 saturated carbocycles. The van der Waals surface area contributed by atoms with E-state index in [0.717, 1.165) is 40.7 Å². The van der Waals surface area contributed by atoms with Gasteiger partial charge in [-0.15, -0.1) is 0 Å². The molecular weight excluding hydrogens is 400 g/mol. The van der Waals surface area contributed by atoms with Crippen molar-refractivity contribution < 1.29 is 4.79 Å². The molecule has 0 saturated heterocycles. The molecule has 6 heteroatoms. The zero-order valence-electron chi connectivity index (χ0n) is 18.7. The zero-order valence-corrected chi connectivity index (χ0v) is 18.7. The number of hydrogen-bond donors (Lipinski definition) is 2.